The van der Waals surface area contributed by atoms with E-state index in [1.807, 2.05) is 6.92 Å². The van der Waals surface area contributed by atoms with Crippen LogP contribution in [0.25, 0.3) is 0 Å². The smallest absolute Gasteiger partial charge is 0.315 e. The van der Waals surface area contributed by atoms with Gasteiger partial charge in [0, 0.05) is 25.5 Å². The quantitative estimate of drug-likeness (QED) is 0.690. The summed E-state index contributed by atoms with van der Waals surface area (Å²) < 4.78 is 1.78. The summed E-state index contributed by atoms with van der Waals surface area (Å²) in [5.41, 5.74) is 5.35. The van der Waals surface area contributed by atoms with E-state index in [0.29, 0.717) is 12.4 Å². The van der Waals surface area contributed by atoms with E-state index in [2.05, 4.69) is 4.98 Å². The van der Waals surface area contributed by atoms with Gasteiger partial charge < -0.3 is 15.4 Å². The maximum atomic E-state index is 10.8. The van der Waals surface area contributed by atoms with Crippen LogP contribution in [0, 0.1) is 0 Å². The third kappa shape index (κ3) is 1.86. The molecule has 0 aromatic carbocycles. The van der Waals surface area contributed by atoms with Crippen molar-refractivity contribution >= 4 is 5.97 Å². The number of aromatic nitrogens is 2. The van der Waals surface area contributed by atoms with Crippen molar-refractivity contribution in [1.82, 2.24) is 9.55 Å². The Morgan fingerprint density at radius 2 is 2.54 bits per heavy atom. The Morgan fingerprint density at radius 1 is 1.85 bits per heavy atom. The fraction of sp³-hybridized carbons (Fsp3) is 0.500. The molecule has 0 saturated heterocycles. The molecular weight excluding hydrogens is 170 g/mol. The zero-order chi connectivity index (χ0) is 9.84. The molecule has 0 aliphatic carbocycles. The molecule has 1 unspecified atom stereocenters. The van der Waals surface area contributed by atoms with Gasteiger partial charge in [-0.05, 0) is 6.92 Å². The summed E-state index contributed by atoms with van der Waals surface area (Å²) in [6.45, 7) is 2.71. The van der Waals surface area contributed by atoms with Crippen LogP contribution in [0.15, 0.2) is 12.4 Å². The van der Waals surface area contributed by atoms with Crippen molar-refractivity contribution in [2.75, 3.05) is 6.54 Å². The highest BCUT2D eigenvalue weighted by molar-refractivity contribution is 5.75. The molecule has 5 heteroatoms. The van der Waals surface area contributed by atoms with Crippen molar-refractivity contribution < 1.29 is 9.90 Å². The fourth-order valence-electron chi connectivity index (χ4n) is 1.21. The zero-order valence-electron chi connectivity index (χ0n) is 7.47. The van der Waals surface area contributed by atoms with Crippen LogP contribution in [0.1, 0.15) is 18.7 Å². The van der Waals surface area contributed by atoms with Gasteiger partial charge in [-0.1, -0.05) is 0 Å². The maximum Gasteiger partial charge on any atom is 0.315 e. The van der Waals surface area contributed by atoms with E-state index in [1.165, 1.54) is 0 Å². The molecule has 0 aliphatic heterocycles. The number of carboxylic acid groups (broad SMARTS) is 1. The molecular formula is C8H13N3O2. The van der Waals surface area contributed by atoms with E-state index in [4.69, 9.17) is 10.8 Å². The van der Waals surface area contributed by atoms with Gasteiger partial charge in [0.25, 0.3) is 0 Å². The van der Waals surface area contributed by atoms with Crippen molar-refractivity contribution in [2.45, 2.75) is 19.4 Å². The molecule has 0 amide bonds. The second-order valence-corrected chi connectivity index (χ2v) is 2.70. The van der Waals surface area contributed by atoms with Crippen LogP contribution in [0.5, 0.6) is 0 Å². The first kappa shape index (κ1) is 9.73. The largest absolute Gasteiger partial charge is 0.481 e. The topological polar surface area (TPSA) is 81.1 Å². The van der Waals surface area contributed by atoms with Gasteiger partial charge in [0.05, 0.1) is 0 Å². The van der Waals surface area contributed by atoms with Crippen molar-refractivity contribution in [1.29, 1.82) is 0 Å². The summed E-state index contributed by atoms with van der Waals surface area (Å²) in [6, 6.07) is 0. The fourth-order valence-corrected chi connectivity index (χ4v) is 1.21. The second-order valence-electron chi connectivity index (χ2n) is 2.70. The number of nitrogens with zero attached hydrogens (tertiary/aromatic N) is 2. The molecule has 1 rings (SSSR count). The Kier molecular flexibility index (Phi) is 3.02. The van der Waals surface area contributed by atoms with Crippen molar-refractivity contribution in [2.24, 2.45) is 5.73 Å². The average Bonchev–Trinajstić information content (AvgIpc) is 2.53. The Balaban J connectivity index is 2.96. The Labute approximate surface area is 76.2 Å². The molecule has 1 heterocycles. The highest BCUT2D eigenvalue weighted by atomic mass is 16.4. The summed E-state index contributed by atoms with van der Waals surface area (Å²) in [7, 11) is 0. The number of hydrogen-bond acceptors (Lipinski definition) is 3. The molecule has 1 atom stereocenters. The lowest BCUT2D eigenvalue weighted by atomic mass is 10.1. The van der Waals surface area contributed by atoms with E-state index < -0.39 is 11.9 Å². The molecule has 72 valence electrons. The Bertz CT molecular complexity index is 295. The van der Waals surface area contributed by atoms with Crippen LogP contribution in [0.3, 0.4) is 0 Å². The Morgan fingerprint density at radius 3 is 3.00 bits per heavy atom. The number of nitrogens with two attached hydrogens (primary N) is 1. The molecule has 3 N–H and O–H groups in total. The Hall–Kier alpha value is -1.36. The molecule has 0 fully saturated rings. The summed E-state index contributed by atoms with van der Waals surface area (Å²) in [5, 5.41) is 8.83. The van der Waals surface area contributed by atoms with Gasteiger partial charge in [0.15, 0.2) is 0 Å². The number of carbonyl (C=O) groups is 1. The number of carboxylic acids is 1. The van der Waals surface area contributed by atoms with Crippen LogP contribution in [-0.4, -0.2) is 27.2 Å². The van der Waals surface area contributed by atoms with Crippen LogP contribution in [-0.2, 0) is 11.3 Å². The molecule has 5 nitrogen and oxygen atoms in total. The van der Waals surface area contributed by atoms with Crippen LogP contribution in [0.4, 0.5) is 0 Å². The summed E-state index contributed by atoms with van der Waals surface area (Å²) in [4.78, 5) is 14.7. The molecule has 0 spiro atoms. The lowest BCUT2D eigenvalue weighted by Gasteiger charge is -2.10. The highest BCUT2D eigenvalue weighted by Gasteiger charge is 2.22. The molecule has 0 aliphatic rings. The zero-order valence-corrected chi connectivity index (χ0v) is 7.47. The monoisotopic (exact) mass is 183 g/mol. The molecule has 0 radical (unpaired) electrons. The van der Waals surface area contributed by atoms with Gasteiger partial charge in [-0.25, -0.2) is 4.98 Å². The average molecular weight is 183 g/mol. The molecule has 1 aromatic heterocycles. The van der Waals surface area contributed by atoms with E-state index in [-0.39, 0.29) is 6.54 Å². The number of aryl methyl sites for hydroxylation is 1. The van der Waals surface area contributed by atoms with E-state index >= 15 is 0 Å². The third-order valence-corrected chi connectivity index (χ3v) is 1.93. The minimum absolute atomic E-state index is 0.0757. The van der Waals surface area contributed by atoms with Crippen molar-refractivity contribution in [3.8, 4) is 0 Å². The van der Waals surface area contributed by atoms with Crippen molar-refractivity contribution in [3.63, 3.8) is 0 Å². The van der Waals surface area contributed by atoms with Gasteiger partial charge in [-0.3, -0.25) is 4.79 Å². The standard InChI is InChI=1S/C8H13N3O2/c1-2-11-4-3-10-7(11)6(5-9)8(12)13/h3-4,6H,2,5,9H2,1H3,(H,12,13). The summed E-state index contributed by atoms with van der Waals surface area (Å²) >= 11 is 0. The summed E-state index contributed by atoms with van der Waals surface area (Å²) in [5.74, 6) is -1.10. The maximum absolute atomic E-state index is 10.8. The first-order chi connectivity index (χ1) is 6.20. The minimum atomic E-state index is -0.927. The normalized spacial score (nSPS) is 12.8. The first-order valence-electron chi connectivity index (χ1n) is 4.14. The number of hydrogen-bond donors (Lipinski definition) is 2. The third-order valence-electron chi connectivity index (χ3n) is 1.93. The summed E-state index contributed by atoms with van der Waals surface area (Å²) in [6.07, 6.45) is 3.34. The number of aliphatic carboxylic acids is 1. The predicted octanol–water partition coefficient (Wildman–Crippen LogP) is 0.0299. The minimum Gasteiger partial charge on any atom is -0.481 e. The SMILES string of the molecule is CCn1ccnc1C(CN)C(=O)O. The van der Waals surface area contributed by atoms with E-state index in [0.717, 1.165) is 0 Å². The first-order valence-corrected chi connectivity index (χ1v) is 4.14. The molecule has 0 bridgehead atoms. The van der Waals surface area contributed by atoms with Gasteiger partial charge >= 0.3 is 5.97 Å². The number of imidazole rings is 1. The van der Waals surface area contributed by atoms with Gasteiger partial charge in [0.2, 0.25) is 0 Å². The van der Waals surface area contributed by atoms with Gasteiger partial charge in [-0.2, -0.15) is 0 Å². The molecule has 1 aromatic rings. The molecule has 0 saturated carbocycles. The number of rotatable bonds is 4. The van der Waals surface area contributed by atoms with Crippen LogP contribution >= 0.6 is 0 Å². The van der Waals surface area contributed by atoms with E-state index in [9.17, 15) is 4.79 Å². The lowest BCUT2D eigenvalue weighted by molar-refractivity contribution is -0.138. The lowest BCUT2D eigenvalue weighted by Crippen LogP contribution is -2.24. The second kappa shape index (κ2) is 4.04. The van der Waals surface area contributed by atoms with E-state index in [1.54, 1.807) is 17.0 Å². The van der Waals surface area contributed by atoms with Crippen molar-refractivity contribution in [3.05, 3.63) is 18.2 Å². The van der Waals surface area contributed by atoms with Crippen LogP contribution < -0.4 is 5.73 Å². The molecule has 13 heavy (non-hydrogen) atoms. The van der Waals surface area contributed by atoms with Gasteiger partial charge in [-0.15, -0.1) is 0 Å². The predicted molar refractivity (Wildman–Crippen MR) is 47.3 cm³/mol. The highest BCUT2D eigenvalue weighted by Crippen LogP contribution is 2.12. The van der Waals surface area contributed by atoms with Gasteiger partial charge in [0.1, 0.15) is 11.7 Å². The van der Waals surface area contributed by atoms with Crippen LogP contribution in [0.2, 0.25) is 0 Å².